The quantitative estimate of drug-likeness (QED) is 0.529. The number of nitrogens with one attached hydrogen (secondary N) is 1. The number of aromatic nitrogens is 2. The van der Waals surface area contributed by atoms with Crippen molar-refractivity contribution in [1.82, 2.24) is 9.97 Å². The highest BCUT2D eigenvalue weighted by Crippen LogP contribution is 2.36. The Labute approximate surface area is 163 Å². The molecule has 0 aliphatic heterocycles. The van der Waals surface area contributed by atoms with Crippen LogP contribution in [0.1, 0.15) is 10.4 Å². The fourth-order valence-corrected chi connectivity index (χ4v) is 4.42. The maximum absolute atomic E-state index is 12.6. The summed E-state index contributed by atoms with van der Waals surface area (Å²) in [6, 6.07) is 10.8. The number of nitrogens with zero attached hydrogens (tertiary/aromatic N) is 2. The van der Waals surface area contributed by atoms with Crippen LogP contribution in [0.25, 0.3) is 20.1 Å². The first-order valence-corrected chi connectivity index (χ1v) is 9.65. The smallest absolute Gasteiger partial charge is 0.256 e. The minimum absolute atomic E-state index is 0.228. The molecule has 4 rings (SSSR count). The van der Waals surface area contributed by atoms with E-state index in [9.17, 15) is 4.79 Å². The number of hydrogen-bond donors (Lipinski definition) is 1. The van der Waals surface area contributed by atoms with Gasteiger partial charge < -0.3 is 14.8 Å². The SMILES string of the molecule is COc1cc(OC)cc(C(=O)Nc2ccc(-c3nc4cnccc4s3)s2)c1. The number of carbonyl (C=O) groups is 1. The van der Waals surface area contributed by atoms with E-state index in [4.69, 9.17) is 9.47 Å². The van der Waals surface area contributed by atoms with E-state index in [1.807, 2.05) is 18.2 Å². The standard InChI is InChI=1S/C19H15N3O3S2/c1-24-12-7-11(8-13(9-12)25-2)18(23)22-17-4-3-16(26-17)19-21-14-10-20-6-5-15(14)27-19/h3-10H,1-2H3,(H,22,23). The van der Waals surface area contributed by atoms with Crippen LogP contribution in [-0.4, -0.2) is 30.1 Å². The van der Waals surface area contributed by atoms with Gasteiger partial charge in [0.1, 0.15) is 22.0 Å². The van der Waals surface area contributed by atoms with Gasteiger partial charge in [-0.1, -0.05) is 0 Å². The summed E-state index contributed by atoms with van der Waals surface area (Å²) < 4.78 is 11.5. The summed E-state index contributed by atoms with van der Waals surface area (Å²) in [5, 5.41) is 4.57. The van der Waals surface area contributed by atoms with Crippen LogP contribution >= 0.6 is 22.7 Å². The summed E-state index contributed by atoms with van der Waals surface area (Å²) in [6.45, 7) is 0. The number of rotatable bonds is 5. The van der Waals surface area contributed by atoms with Crippen molar-refractivity contribution in [2.75, 3.05) is 19.5 Å². The molecule has 4 aromatic rings. The van der Waals surface area contributed by atoms with Gasteiger partial charge >= 0.3 is 0 Å². The highest BCUT2D eigenvalue weighted by atomic mass is 32.1. The van der Waals surface area contributed by atoms with Crippen molar-refractivity contribution in [3.63, 3.8) is 0 Å². The molecule has 1 N–H and O–H groups in total. The Bertz CT molecular complexity index is 1070. The van der Waals surface area contributed by atoms with E-state index < -0.39 is 0 Å². The Hall–Kier alpha value is -2.97. The van der Waals surface area contributed by atoms with Gasteiger partial charge in [-0.05, 0) is 30.3 Å². The van der Waals surface area contributed by atoms with E-state index in [-0.39, 0.29) is 5.91 Å². The van der Waals surface area contributed by atoms with E-state index in [2.05, 4.69) is 15.3 Å². The molecule has 3 heterocycles. The molecule has 27 heavy (non-hydrogen) atoms. The monoisotopic (exact) mass is 397 g/mol. The van der Waals surface area contributed by atoms with Gasteiger partial charge in [0.25, 0.3) is 5.91 Å². The molecule has 0 radical (unpaired) electrons. The van der Waals surface area contributed by atoms with Gasteiger partial charge in [0.15, 0.2) is 0 Å². The molecule has 0 saturated heterocycles. The summed E-state index contributed by atoms with van der Waals surface area (Å²) in [6.07, 6.45) is 3.51. The van der Waals surface area contributed by atoms with Crippen molar-refractivity contribution in [2.45, 2.75) is 0 Å². The molecule has 6 nitrogen and oxygen atoms in total. The van der Waals surface area contributed by atoms with E-state index in [1.54, 1.807) is 56.1 Å². The lowest BCUT2D eigenvalue weighted by molar-refractivity contribution is 0.102. The lowest BCUT2D eigenvalue weighted by Gasteiger charge is -2.08. The van der Waals surface area contributed by atoms with E-state index >= 15 is 0 Å². The summed E-state index contributed by atoms with van der Waals surface area (Å²) in [7, 11) is 3.10. The van der Waals surface area contributed by atoms with Crippen molar-refractivity contribution >= 4 is 43.8 Å². The zero-order valence-electron chi connectivity index (χ0n) is 14.6. The summed E-state index contributed by atoms with van der Waals surface area (Å²) in [5.41, 5.74) is 1.34. The third-order valence-electron chi connectivity index (χ3n) is 3.86. The zero-order valence-corrected chi connectivity index (χ0v) is 16.2. The Balaban J connectivity index is 1.56. The topological polar surface area (TPSA) is 73.3 Å². The Kier molecular flexibility index (Phi) is 4.74. The lowest BCUT2D eigenvalue weighted by Crippen LogP contribution is -2.11. The number of thiazole rings is 1. The Morgan fingerprint density at radius 2 is 1.81 bits per heavy atom. The average molecular weight is 397 g/mol. The number of thiophene rings is 1. The summed E-state index contributed by atoms with van der Waals surface area (Å²) in [4.78, 5) is 22.3. The minimum atomic E-state index is -0.228. The van der Waals surface area contributed by atoms with Gasteiger partial charge in [-0.3, -0.25) is 9.78 Å². The summed E-state index contributed by atoms with van der Waals surface area (Å²) in [5.74, 6) is 0.901. The third-order valence-corrected chi connectivity index (χ3v) is 6.06. The first kappa shape index (κ1) is 17.4. The molecule has 0 bridgehead atoms. The molecule has 136 valence electrons. The Morgan fingerprint density at radius 3 is 2.52 bits per heavy atom. The number of hydrogen-bond acceptors (Lipinski definition) is 7. The van der Waals surface area contributed by atoms with Crippen molar-refractivity contribution in [3.05, 3.63) is 54.4 Å². The van der Waals surface area contributed by atoms with Crippen molar-refractivity contribution in [2.24, 2.45) is 0 Å². The van der Waals surface area contributed by atoms with Gasteiger partial charge in [-0.25, -0.2) is 4.98 Å². The molecule has 0 atom stereocenters. The molecule has 0 fully saturated rings. The number of carbonyl (C=O) groups excluding carboxylic acids is 1. The predicted octanol–water partition coefficient (Wildman–Crippen LogP) is 4.69. The molecule has 8 heteroatoms. The van der Waals surface area contributed by atoms with E-state index in [0.29, 0.717) is 17.1 Å². The fourth-order valence-electron chi connectivity index (χ4n) is 2.53. The van der Waals surface area contributed by atoms with Crippen LogP contribution < -0.4 is 14.8 Å². The number of benzene rings is 1. The molecular weight excluding hydrogens is 382 g/mol. The largest absolute Gasteiger partial charge is 0.497 e. The zero-order chi connectivity index (χ0) is 18.8. The van der Waals surface area contributed by atoms with Gasteiger partial charge in [0, 0.05) is 17.8 Å². The number of ether oxygens (including phenoxy) is 2. The first-order valence-electron chi connectivity index (χ1n) is 8.01. The van der Waals surface area contributed by atoms with Gasteiger partial charge in [0.05, 0.1) is 35.0 Å². The van der Waals surface area contributed by atoms with Crippen LogP contribution in [0.3, 0.4) is 0 Å². The average Bonchev–Trinajstić information content (AvgIpc) is 3.34. The maximum Gasteiger partial charge on any atom is 0.256 e. The highest BCUT2D eigenvalue weighted by molar-refractivity contribution is 7.26. The molecule has 3 aromatic heterocycles. The molecule has 0 saturated carbocycles. The number of fused-ring (bicyclic) bond motifs is 1. The first-order chi connectivity index (χ1) is 13.2. The van der Waals surface area contributed by atoms with E-state index in [1.165, 1.54) is 11.3 Å². The van der Waals surface area contributed by atoms with Crippen LogP contribution in [0.15, 0.2) is 48.8 Å². The second-order valence-corrected chi connectivity index (χ2v) is 7.70. The van der Waals surface area contributed by atoms with Crippen LogP contribution in [0.2, 0.25) is 0 Å². The molecule has 0 aliphatic rings. The van der Waals surface area contributed by atoms with Crippen LogP contribution in [0.4, 0.5) is 5.00 Å². The number of methoxy groups -OCH3 is 2. The van der Waals surface area contributed by atoms with Crippen LogP contribution in [0.5, 0.6) is 11.5 Å². The van der Waals surface area contributed by atoms with Crippen molar-refractivity contribution < 1.29 is 14.3 Å². The molecule has 1 amide bonds. The molecule has 0 spiro atoms. The van der Waals surface area contributed by atoms with Crippen molar-refractivity contribution in [1.29, 1.82) is 0 Å². The normalized spacial score (nSPS) is 10.7. The van der Waals surface area contributed by atoms with Crippen LogP contribution in [0, 0.1) is 0 Å². The molecule has 1 aromatic carbocycles. The predicted molar refractivity (Wildman–Crippen MR) is 108 cm³/mol. The fraction of sp³-hybridized carbons (Fsp3) is 0.105. The van der Waals surface area contributed by atoms with Gasteiger partial charge in [-0.2, -0.15) is 0 Å². The van der Waals surface area contributed by atoms with Crippen molar-refractivity contribution in [3.8, 4) is 21.4 Å². The maximum atomic E-state index is 12.6. The number of pyridine rings is 1. The number of amides is 1. The second kappa shape index (κ2) is 7.34. The lowest BCUT2D eigenvalue weighted by atomic mass is 10.2. The second-order valence-electron chi connectivity index (χ2n) is 5.58. The van der Waals surface area contributed by atoms with Gasteiger partial charge in [0.2, 0.25) is 0 Å². The number of anilines is 1. The highest BCUT2D eigenvalue weighted by Gasteiger charge is 2.13. The molecule has 0 aliphatic carbocycles. The molecular formula is C19H15N3O3S2. The van der Waals surface area contributed by atoms with Crippen LogP contribution in [-0.2, 0) is 0 Å². The Morgan fingerprint density at radius 1 is 1.04 bits per heavy atom. The van der Waals surface area contributed by atoms with E-state index in [0.717, 1.165) is 25.1 Å². The minimum Gasteiger partial charge on any atom is -0.497 e. The molecule has 0 unspecified atom stereocenters. The summed E-state index contributed by atoms with van der Waals surface area (Å²) >= 11 is 3.08. The third kappa shape index (κ3) is 3.62. The van der Waals surface area contributed by atoms with Gasteiger partial charge in [-0.15, -0.1) is 22.7 Å².